The number of benzene rings is 1. The molecule has 2 saturated heterocycles. The first-order valence-corrected chi connectivity index (χ1v) is 10.7. The molecule has 2 N–H and O–H groups in total. The molecule has 0 saturated carbocycles. The number of guanidine groups is 1. The van der Waals surface area contributed by atoms with Gasteiger partial charge in [0.15, 0.2) is 5.96 Å². The Morgan fingerprint density at radius 1 is 1.29 bits per heavy atom. The van der Waals surface area contributed by atoms with Gasteiger partial charge in [-0.2, -0.15) is 0 Å². The van der Waals surface area contributed by atoms with Crippen molar-refractivity contribution in [3.63, 3.8) is 0 Å². The zero-order valence-corrected chi connectivity index (χ0v) is 17.7. The maximum absolute atomic E-state index is 12.4. The van der Waals surface area contributed by atoms with Gasteiger partial charge in [-0.3, -0.25) is 9.79 Å². The van der Waals surface area contributed by atoms with Crippen molar-refractivity contribution in [1.29, 1.82) is 0 Å². The summed E-state index contributed by atoms with van der Waals surface area (Å²) in [7, 11) is 1.77. The number of nitrogens with zero attached hydrogens (tertiary/aromatic N) is 3. The highest BCUT2D eigenvalue weighted by atomic mass is 35.5. The number of nitrogens with one attached hydrogen (secondary N) is 2. The molecule has 1 aromatic carbocycles. The number of anilines is 1. The van der Waals surface area contributed by atoms with Gasteiger partial charge in [-0.25, -0.2) is 0 Å². The number of hydrogen-bond acceptors (Lipinski definition) is 3. The summed E-state index contributed by atoms with van der Waals surface area (Å²) in [5.41, 5.74) is 1.15. The third-order valence-corrected chi connectivity index (χ3v) is 5.80. The van der Waals surface area contributed by atoms with Crippen molar-refractivity contribution in [2.24, 2.45) is 10.9 Å². The Bertz CT molecular complexity index is 695. The zero-order valence-electron chi connectivity index (χ0n) is 17.0. The van der Waals surface area contributed by atoms with Gasteiger partial charge in [-0.05, 0) is 43.4 Å². The monoisotopic (exact) mass is 405 g/mol. The quantitative estimate of drug-likeness (QED) is 0.584. The highest BCUT2D eigenvalue weighted by Gasteiger charge is 2.24. The van der Waals surface area contributed by atoms with Crippen LogP contribution in [0.3, 0.4) is 0 Å². The smallest absolute Gasteiger partial charge is 0.224 e. The fraction of sp³-hybridized carbons (Fsp3) is 0.619. The van der Waals surface area contributed by atoms with Gasteiger partial charge in [-0.1, -0.05) is 24.6 Å². The number of amides is 1. The molecule has 28 heavy (non-hydrogen) atoms. The van der Waals surface area contributed by atoms with E-state index in [4.69, 9.17) is 11.6 Å². The number of piperidine rings is 1. The van der Waals surface area contributed by atoms with Crippen LogP contribution in [0.2, 0.25) is 5.02 Å². The maximum Gasteiger partial charge on any atom is 0.224 e. The summed E-state index contributed by atoms with van der Waals surface area (Å²) in [4.78, 5) is 21.0. The molecule has 0 radical (unpaired) electrons. The molecule has 0 bridgehead atoms. The second-order valence-electron chi connectivity index (χ2n) is 7.89. The molecule has 2 heterocycles. The molecule has 2 fully saturated rings. The molecule has 7 heteroatoms. The van der Waals surface area contributed by atoms with Gasteiger partial charge >= 0.3 is 0 Å². The minimum absolute atomic E-state index is 0.238. The van der Waals surface area contributed by atoms with E-state index in [9.17, 15) is 4.79 Å². The Morgan fingerprint density at radius 2 is 2.14 bits per heavy atom. The molecule has 3 rings (SSSR count). The van der Waals surface area contributed by atoms with Gasteiger partial charge in [0.05, 0.1) is 0 Å². The number of carbonyl (C=O) groups excluding carboxylic acids is 1. The van der Waals surface area contributed by atoms with Crippen LogP contribution in [-0.4, -0.2) is 62.6 Å². The first-order valence-electron chi connectivity index (χ1n) is 10.3. The summed E-state index contributed by atoms with van der Waals surface area (Å²) in [6, 6.07) is 8.30. The maximum atomic E-state index is 12.4. The fourth-order valence-electron chi connectivity index (χ4n) is 4.04. The third kappa shape index (κ3) is 5.77. The minimum Gasteiger partial charge on any atom is -0.369 e. The Morgan fingerprint density at radius 3 is 2.89 bits per heavy atom. The zero-order chi connectivity index (χ0) is 19.9. The van der Waals surface area contributed by atoms with Gasteiger partial charge in [0, 0.05) is 62.9 Å². The van der Waals surface area contributed by atoms with Crippen LogP contribution >= 0.6 is 11.6 Å². The fourth-order valence-corrected chi connectivity index (χ4v) is 4.22. The predicted molar refractivity (Wildman–Crippen MR) is 116 cm³/mol. The first-order chi connectivity index (χ1) is 13.5. The van der Waals surface area contributed by atoms with Gasteiger partial charge < -0.3 is 20.4 Å². The van der Waals surface area contributed by atoms with Crippen molar-refractivity contribution >= 4 is 29.2 Å². The lowest BCUT2D eigenvalue weighted by molar-refractivity contribution is -0.132. The minimum atomic E-state index is 0.238. The molecule has 2 unspecified atom stereocenters. The average molecular weight is 406 g/mol. The first kappa shape index (κ1) is 20.8. The van der Waals surface area contributed by atoms with Gasteiger partial charge in [0.25, 0.3) is 0 Å². The van der Waals surface area contributed by atoms with Crippen molar-refractivity contribution in [1.82, 2.24) is 15.5 Å². The van der Waals surface area contributed by atoms with E-state index in [1.165, 1.54) is 6.42 Å². The van der Waals surface area contributed by atoms with E-state index in [2.05, 4.69) is 33.5 Å². The van der Waals surface area contributed by atoms with E-state index in [0.29, 0.717) is 24.9 Å². The van der Waals surface area contributed by atoms with Crippen LogP contribution in [0.25, 0.3) is 0 Å². The lowest BCUT2D eigenvalue weighted by atomic mass is 10.00. The van der Waals surface area contributed by atoms with Crippen LogP contribution < -0.4 is 15.5 Å². The van der Waals surface area contributed by atoms with Crippen molar-refractivity contribution < 1.29 is 4.79 Å². The van der Waals surface area contributed by atoms with Crippen molar-refractivity contribution in [3.05, 3.63) is 29.3 Å². The highest BCUT2D eigenvalue weighted by molar-refractivity contribution is 6.30. The third-order valence-electron chi connectivity index (χ3n) is 5.57. The van der Waals surface area contributed by atoms with Crippen LogP contribution in [0.15, 0.2) is 29.3 Å². The number of carbonyl (C=O) groups is 1. The summed E-state index contributed by atoms with van der Waals surface area (Å²) in [6.45, 7) is 6.52. The Kier molecular flexibility index (Phi) is 7.43. The van der Waals surface area contributed by atoms with E-state index in [1.807, 2.05) is 23.1 Å². The highest BCUT2D eigenvalue weighted by Crippen LogP contribution is 2.23. The Labute approximate surface area is 173 Å². The van der Waals surface area contributed by atoms with Gasteiger partial charge in [-0.15, -0.1) is 0 Å². The van der Waals surface area contributed by atoms with E-state index < -0.39 is 0 Å². The SMILES string of the molecule is CN=C(NCCC(=O)N1CCCC(C)C1)NC1CCN(c2cccc(Cl)c2)C1. The van der Waals surface area contributed by atoms with Gasteiger partial charge in [0.1, 0.15) is 0 Å². The molecular formula is C21H32ClN5O. The Hall–Kier alpha value is -1.95. The molecule has 0 spiro atoms. The summed E-state index contributed by atoms with van der Waals surface area (Å²) < 4.78 is 0. The van der Waals surface area contributed by atoms with Gasteiger partial charge in [0.2, 0.25) is 5.91 Å². The van der Waals surface area contributed by atoms with Crippen LogP contribution in [0, 0.1) is 5.92 Å². The lowest BCUT2D eigenvalue weighted by Crippen LogP contribution is -2.46. The molecule has 0 aromatic heterocycles. The second-order valence-corrected chi connectivity index (χ2v) is 8.33. The van der Waals surface area contributed by atoms with Crippen molar-refractivity contribution in [2.75, 3.05) is 44.7 Å². The number of rotatable bonds is 5. The number of likely N-dealkylation sites (tertiary alicyclic amines) is 1. The Balaban J connectivity index is 1.40. The molecule has 1 amide bonds. The lowest BCUT2D eigenvalue weighted by Gasteiger charge is -2.31. The largest absolute Gasteiger partial charge is 0.369 e. The van der Waals surface area contributed by atoms with E-state index in [0.717, 1.165) is 55.7 Å². The van der Waals surface area contributed by atoms with Crippen LogP contribution in [0.4, 0.5) is 5.69 Å². The summed E-state index contributed by atoms with van der Waals surface area (Å²) in [5, 5.41) is 7.54. The summed E-state index contributed by atoms with van der Waals surface area (Å²) in [5.74, 6) is 1.62. The van der Waals surface area contributed by atoms with E-state index in [1.54, 1.807) is 7.05 Å². The van der Waals surface area contributed by atoms with Crippen LogP contribution in [-0.2, 0) is 4.79 Å². The normalized spacial score (nSPS) is 23.0. The summed E-state index contributed by atoms with van der Waals surface area (Å²) >= 11 is 6.11. The number of hydrogen-bond donors (Lipinski definition) is 2. The number of aliphatic imine (C=N–C) groups is 1. The molecule has 0 aliphatic carbocycles. The molecule has 1 aromatic rings. The molecule has 2 aliphatic rings. The van der Waals surface area contributed by atoms with Crippen LogP contribution in [0.1, 0.15) is 32.6 Å². The standard InChI is InChI=1S/C21H32ClN5O/c1-16-5-4-11-27(14-16)20(28)8-10-24-21(23-2)25-18-9-12-26(15-18)19-7-3-6-17(22)13-19/h3,6-7,13,16,18H,4-5,8-12,14-15H2,1-2H3,(H2,23,24,25). The van der Waals surface area contributed by atoms with Crippen molar-refractivity contribution in [3.8, 4) is 0 Å². The predicted octanol–water partition coefficient (Wildman–Crippen LogP) is 2.73. The number of halogens is 1. The van der Waals surface area contributed by atoms with Crippen LogP contribution in [0.5, 0.6) is 0 Å². The molecule has 154 valence electrons. The van der Waals surface area contributed by atoms with E-state index >= 15 is 0 Å². The topological polar surface area (TPSA) is 60.0 Å². The average Bonchev–Trinajstić information content (AvgIpc) is 3.15. The van der Waals surface area contributed by atoms with E-state index in [-0.39, 0.29) is 5.91 Å². The molecule has 2 atom stereocenters. The second kappa shape index (κ2) is 10.0. The van der Waals surface area contributed by atoms with Crippen molar-refractivity contribution in [2.45, 2.75) is 38.6 Å². The molecule has 6 nitrogen and oxygen atoms in total. The molecular weight excluding hydrogens is 374 g/mol. The summed E-state index contributed by atoms with van der Waals surface area (Å²) in [6.07, 6.45) is 3.89. The molecule has 2 aliphatic heterocycles.